The number of aromatic nitrogens is 2. The van der Waals surface area contributed by atoms with E-state index in [2.05, 4.69) is 27.4 Å². The van der Waals surface area contributed by atoms with E-state index in [9.17, 15) is 14.4 Å². The van der Waals surface area contributed by atoms with Crippen LogP contribution in [0.2, 0.25) is 10.0 Å². The minimum Gasteiger partial charge on any atom is -0.480 e. The second-order valence-electron chi connectivity index (χ2n) is 13.4. The van der Waals surface area contributed by atoms with Crippen LogP contribution >= 0.6 is 23.2 Å². The van der Waals surface area contributed by atoms with E-state index in [1.807, 2.05) is 51.1 Å². The summed E-state index contributed by atoms with van der Waals surface area (Å²) < 4.78 is 11.2. The molecule has 9 nitrogen and oxygen atoms in total. The van der Waals surface area contributed by atoms with Gasteiger partial charge in [0, 0.05) is 47.5 Å². The first kappa shape index (κ1) is 34.4. The third kappa shape index (κ3) is 7.28. The van der Waals surface area contributed by atoms with Crippen LogP contribution in [0.1, 0.15) is 74.0 Å². The van der Waals surface area contributed by atoms with Crippen LogP contribution in [0, 0.1) is 0 Å². The van der Waals surface area contributed by atoms with Gasteiger partial charge in [0.15, 0.2) is 6.29 Å². The number of amides is 2. The van der Waals surface area contributed by atoms with Crippen molar-refractivity contribution >= 4 is 41.5 Å². The molecule has 0 unspecified atom stereocenters. The highest BCUT2D eigenvalue weighted by molar-refractivity contribution is 6.39. The van der Waals surface area contributed by atoms with Crippen molar-refractivity contribution in [2.24, 2.45) is 0 Å². The summed E-state index contributed by atoms with van der Waals surface area (Å²) in [5.74, 6) is 0.222. The first-order valence-electron chi connectivity index (χ1n) is 16.3. The molecule has 1 N–H and O–H groups in total. The van der Waals surface area contributed by atoms with Crippen LogP contribution in [-0.2, 0) is 16.0 Å². The standard InChI is InChI=1S/C38H38Cl2N4O5/c1-38(2,3)49-37(47)44(20-25-13-16-32(46)42-25)31-10-5-7-22-19-23(11-14-26(22)31)35-34(40)28(17-18-41-35)27-8-6-9-29(33(27)39)30-15-12-24(21-45)36(43-30)48-4/h6,8-9,11-12,14-15,17-19,21,25,31H,5,7,10,13,16,20H2,1-4H3,(H,42,46)/t25-,31+/m0/s1. The second-order valence-corrected chi connectivity index (χ2v) is 14.1. The Morgan fingerprint density at radius 3 is 2.51 bits per heavy atom. The van der Waals surface area contributed by atoms with Crippen molar-refractivity contribution in [1.82, 2.24) is 20.2 Å². The number of hydrogen-bond acceptors (Lipinski definition) is 7. The van der Waals surface area contributed by atoms with Crippen molar-refractivity contribution in [3.05, 3.63) is 87.5 Å². The Balaban J connectivity index is 1.34. The molecule has 1 aliphatic heterocycles. The van der Waals surface area contributed by atoms with E-state index in [0.29, 0.717) is 69.4 Å². The molecular formula is C38H38Cl2N4O5. The molecule has 1 fully saturated rings. The van der Waals surface area contributed by atoms with E-state index in [1.54, 1.807) is 23.2 Å². The average molecular weight is 702 g/mol. The van der Waals surface area contributed by atoms with Gasteiger partial charge in [0.25, 0.3) is 0 Å². The number of aldehydes is 1. The van der Waals surface area contributed by atoms with Gasteiger partial charge in [0.1, 0.15) is 5.60 Å². The number of hydrogen-bond donors (Lipinski definition) is 1. The van der Waals surface area contributed by atoms with E-state index in [4.69, 9.17) is 32.7 Å². The number of fused-ring (bicyclic) bond motifs is 1. The Bertz CT molecular complexity index is 1930. The lowest BCUT2D eigenvalue weighted by atomic mass is 9.85. The van der Waals surface area contributed by atoms with Gasteiger partial charge in [-0.25, -0.2) is 9.78 Å². The number of nitrogens with zero attached hydrogens (tertiary/aromatic N) is 3. The number of halogens is 2. The second kappa shape index (κ2) is 14.2. The normalized spacial score (nSPS) is 17.2. The van der Waals surface area contributed by atoms with Crippen molar-refractivity contribution in [2.45, 2.75) is 70.6 Å². The van der Waals surface area contributed by atoms with E-state index < -0.39 is 5.60 Å². The first-order valence-corrected chi connectivity index (χ1v) is 17.1. The molecule has 2 aromatic heterocycles. The van der Waals surface area contributed by atoms with Crippen molar-refractivity contribution < 1.29 is 23.9 Å². The third-order valence-electron chi connectivity index (χ3n) is 8.87. The summed E-state index contributed by atoms with van der Waals surface area (Å²) in [5, 5.41) is 3.90. The number of pyridine rings is 2. The molecular weight excluding hydrogens is 663 g/mol. The van der Waals surface area contributed by atoms with Crippen molar-refractivity contribution in [1.29, 1.82) is 0 Å². The summed E-state index contributed by atoms with van der Waals surface area (Å²) in [6, 6.07) is 16.7. The molecule has 2 atom stereocenters. The number of rotatable bonds is 8. The predicted octanol–water partition coefficient (Wildman–Crippen LogP) is 8.50. The zero-order valence-electron chi connectivity index (χ0n) is 27.9. The predicted molar refractivity (Wildman–Crippen MR) is 190 cm³/mol. The number of ether oxygens (including phenoxy) is 2. The van der Waals surface area contributed by atoms with Crippen LogP contribution in [0.5, 0.6) is 5.88 Å². The van der Waals surface area contributed by atoms with Gasteiger partial charge in [-0.05, 0) is 81.8 Å². The zero-order valence-corrected chi connectivity index (χ0v) is 29.4. The molecule has 49 heavy (non-hydrogen) atoms. The number of benzene rings is 2. The fourth-order valence-corrected chi connectivity index (χ4v) is 7.25. The van der Waals surface area contributed by atoms with Gasteiger partial charge in [-0.3, -0.25) is 19.5 Å². The maximum absolute atomic E-state index is 13.6. The summed E-state index contributed by atoms with van der Waals surface area (Å²) in [6.07, 6.45) is 5.67. The molecule has 1 saturated heterocycles. The molecule has 11 heteroatoms. The SMILES string of the molecule is COc1nc(-c2cccc(-c3ccnc(-c4ccc5c(c4)CCC[C@H]5N(C[C@@H]4CCC(=O)N4)C(=O)OC(C)(C)C)c3Cl)c2Cl)ccc1C=O. The maximum Gasteiger partial charge on any atom is 0.410 e. The van der Waals surface area contributed by atoms with Crippen LogP contribution in [0.15, 0.2) is 60.8 Å². The topological polar surface area (TPSA) is 111 Å². The lowest BCUT2D eigenvalue weighted by Crippen LogP contribution is -2.46. The Morgan fingerprint density at radius 2 is 1.80 bits per heavy atom. The number of carbonyl (C=O) groups excluding carboxylic acids is 3. The summed E-state index contributed by atoms with van der Waals surface area (Å²) in [7, 11) is 1.46. The van der Waals surface area contributed by atoms with E-state index in [-0.39, 0.29) is 30.0 Å². The van der Waals surface area contributed by atoms with Gasteiger partial charge in [-0.2, -0.15) is 0 Å². The monoisotopic (exact) mass is 700 g/mol. The molecule has 1 aliphatic carbocycles. The average Bonchev–Trinajstić information content (AvgIpc) is 3.50. The smallest absolute Gasteiger partial charge is 0.410 e. The van der Waals surface area contributed by atoms with Crippen LogP contribution in [0.4, 0.5) is 4.79 Å². The lowest BCUT2D eigenvalue weighted by Gasteiger charge is -2.38. The summed E-state index contributed by atoms with van der Waals surface area (Å²) in [4.78, 5) is 47.9. The van der Waals surface area contributed by atoms with Crippen LogP contribution in [0.25, 0.3) is 33.6 Å². The van der Waals surface area contributed by atoms with Crippen molar-refractivity contribution in [3.8, 4) is 39.5 Å². The molecule has 3 heterocycles. The summed E-state index contributed by atoms with van der Waals surface area (Å²) in [5.41, 5.74) is 5.94. The fourth-order valence-electron chi connectivity index (χ4n) is 6.61. The van der Waals surface area contributed by atoms with Gasteiger partial charge < -0.3 is 14.8 Å². The highest BCUT2D eigenvalue weighted by Crippen LogP contribution is 2.43. The third-order valence-corrected chi connectivity index (χ3v) is 9.66. The highest BCUT2D eigenvalue weighted by Gasteiger charge is 2.35. The van der Waals surface area contributed by atoms with Crippen LogP contribution < -0.4 is 10.1 Å². The van der Waals surface area contributed by atoms with E-state index >= 15 is 0 Å². The highest BCUT2D eigenvalue weighted by atomic mass is 35.5. The van der Waals surface area contributed by atoms with Gasteiger partial charge in [-0.15, -0.1) is 0 Å². The molecule has 6 rings (SSSR count). The number of nitrogens with one attached hydrogen (secondary N) is 1. The lowest BCUT2D eigenvalue weighted by molar-refractivity contribution is -0.119. The molecule has 0 spiro atoms. The molecule has 4 aromatic rings. The number of methoxy groups -OCH3 is 1. The summed E-state index contributed by atoms with van der Waals surface area (Å²) in [6.45, 7) is 5.95. The minimum atomic E-state index is -0.657. The van der Waals surface area contributed by atoms with Gasteiger partial charge in [0.05, 0.1) is 40.1 Å². The molecule has 2 aliphatic rings. The Morgan fingerprint density at radius 1 is 1.02 bits per heavy atom. The zero-order chi connectivity index (χ0) is 34.9. The van der Waals surface area contributed by atoms with Gasteiger partial charge in [0.2, 0.25) is 11.8 Å². The van der Waals surface area contributed by atoms with Gasteiger partial charge >= 0.3 is 6.09 Å². The fraction of sp³-hybridized carbons (Fsp3) is 0.342. The van der Waals surface area contributed by atoms with Crippen molar-refractivity contribution in [3.63, 3.8) is 0 Å². The molecule has 0 saturated carbocycles. The maximum atomic E-state index is 13.6. The molecule has 2 amide bonds. The van der Waals surface area contributed by atoms with Crippen LogP contribution in [-0.4, -0.2) is 58.5 Å². The molecule has 0 bridgehead atoms. The number of aryl methyl sites for hydroxylation is 1. The molecule has 2 aromatic carbocycles. The molecule has 254 valence electrons. The van der Waals surface area contributed by atoms with Crippen LogP contribution in [0.3, 0.4) is 0 Å². The van der Waals surface area contributed by atoms with E-state index in [1.165, 1.54) is 7.11 Å². The first-order chi connectivity index (χ1) is 23.5. The Labute approximate surface area is 295 Å². The summed E-state index contributed by atoms with van der Waals surface area (Å²) >= 11 is 14.1. The quantitative estimate of drug-likeness (QED) is 0.184. The van der Waals surface area contributed by atoms with Gasteiger partial charge in [-0.1, -0.05) is 53.5 Å². The minimum absolute atomic E-state index is 0.00703. The Kier molecular flexibility index (Phi) is 9.95. The number of carbonyl (C=O) groups is 3. The Hall–Kier alpha value is -4.47. The van der Waals surface area contributed by atoms with E-state index in [0.717, 1.165) is 36.0 Å². The molecule has 0 radical (unpaired) electrons. The van der Waals surface area contributed by atoms with Crippen molar-refractivity contribution in [2.75, 3.05) is 13.7 Å². The largest absolute Gasteiger partial charge is 0.480 e.